The van der Waals surface area contributed by atoms with Crippen molar-refractivity contribution in [1.82, 2.24) is 19.8 Å². The van der Waals surface area contributed by atoms with Gasteiger partial charge in [0.15, 0.2) is 11.5 Å². The molecule has 0 amide bonds. The average Bonchev–Trinajstić information content (AvgIpc) is 3.05. The van der Waals surface area contributed by atoms with Crippen molar-refractivity contribution in [2.45, 2.75) is 12.8 Å². The fourth-order valence-corrected chi connectivity index (χ4v) is 3.11. The standard InChI is InChI=1S/C17H16FN5O2/c18-13-4-2-1-3-12(13)16-20-19-14-5-6-15(21-23(14)16)22-9-7-11(8-10-22)17(24)25/h1-6,11H,7-10H2,(H,24,25). The van der Waals surface area contributed by atoms with Crippen molar-refractivity contribution in [3.63, 3.8) is 0 Å². The molecule has 7 nitrogen and oxygen atoms in total. The van der Waals surface area contributed by atoms with Gasteiger partial charge in [-0.1, -0.05) is 12.1 Å². The lowest BCUT2D eigenvalue weighted by Gasteiger charge is -2.30. The molecule has 0 bridgehead atoms. The summed E-state index contributed by atoms with van der Waals surface area (Å²) in [6.45, 7) is 1.24. The van der Waals surface area contributed by atoms with Crippen LogP contribution in [0.2, 0.25) is 0 Å². The normalized spacial score (nSPS) is 15.6. The van der Waals surface area contributed by atoms with Crippen LogP contribution in [0.1, 0.15) is 12.8 Å². The van der Waals surface area contributed by atoms with E-state index in [2.05, 4.69) is 15.3 Å². The maximum Gasteiger partial charge on any atom is 0.306 e. The van der Waals surface area contributed by atoms with Crippen LogP contribution in [-0.2, 0) is 4.79 Å². The number of aliphatic carboxylic acids is 1. The van der Waals surface area contributed by atoms with Gasteiger partial charge >= 0.3 is 5.97 Å². The first kappa shape index (κ1) is 15.5. The first-order chi connectivity index (χ1) is 12.1. The molecular formula is C17H16FN5O2. The zero-order valence-corrected chi connectivity index (χ0v) is 13.3. The van der Waals surface area contributed by atoms with E-state index in [1.54, 1.807) is 24.3 Å². The van der Waals surface area contributed by atoms with Gasteiger partial charge in [-0.25, -0.2) is 4.39 Å². The average molecular weight is 341 g/mol. The number of halogens is 1. The van der Waals surface area contributed by atoms with E-state index in [1.807, 2.05) is 11.0 Å². The summed E-state index contributed by atoms with van der Waals surface area (Å²) in [4.78, 5) is 13.1. The number of rotatable bonds is 3. The second-order valence-electron chi connectivity index (χ2n) is 6.06. The first-order valence-corrected chi connectivity index (χ1v) is 8.08. The molecule has 8 heteroatoms. The Morgan fingerprint density at radius 2 is 1.88 bits per heavy atom. The highest BCUT2D eigenvalue weighted by Crippen LogP contribution is 2.24. The monoisotopic (exact) mass is 341 g/mol. The second-order valence-corrected chi connectivity index (χ2v) is 6.06. The minimum Gasteiger partial charge on any atom is -0.481 e. The number of benzene rings is 1. The molecular weight excluding hydrogens is 325 g/mol. The molecule has 3 heterocycles. The van der Waals surface area contributed by atoms with E-state index in [9.17, 15) is 9.18 Å². The van der Waals surface area contributed by atoms with Crippen LogP contribution in [0.15, 0.2) is 36.4 Å². The van der Waals surface area contributed by atoms with Gasteiger partial charge in [-0.3, -0.25) is 4.79 Å². The fraction of sp³-hybridized carbons (Fsp3) is 0.294. The highest BCUT2D eigenvalue weighted by atomic mass is 19.1. The van der Waals surface area contributed by atoms with E-state index >= 15 is 0 Å². The third-order valence-electron chi connectivity index (χ3n) is 4.53. The summed E-state index contributed by atoms with van der Waals surface area (Å²) in [5.74, 6) is -0.386. The van der Waals surface area contributed by atoms with Crippen molar-refractivity contribution in [3.05, 3.63) is 42.2 Å². The largest absolute Gasteiger partial charge is 0.481 e. The van der Waals surface area contributed by atoms with Crippen LogP contribution in [-0.4, -0.2) is 44.0 Å². The summed E-state index contributed by atoms with van der Waals surface area (Å²) in [5, 5.41) is 21.8. The topological polar surface area (TPSA) is 83.6 Å². The van der Waals surface area contributed by atoms with Gasteiger partial charge in [0.25, 0.3) is 0 Å². The molecule has 25 heavy (non-hydrogen) atoms. The van der Waals surface area contributed by atoms with Crippen molar-refractivity contribution in [2.75, 3.05) is 18.0 Å². The SMILES string of the molecule is O=C(O)C1CCN(c2ccc3nnc(-c4ccccc4F)n3n2)CC1. The number of piperidine rings is 1. The van der Waals surface area contributed by atoms with Crippen LogP contribution in [0.25, 0.3) is 17.0 Å². The number of hydrogen-bond acceptors (Lipinski definition) is 5. The minimum absolute atomic E-state index is 0.302. The quantitative estimate of drug-likeness (QED) is 0.786. The Balaban J connectivity index is 1.68. The van der Waals surface area contributed by atoms with Crippen LogP contribution < -0.4 is 4.90 Å². The van der Waals surface area contributed by atoms with Gasteiger partial charge < -0.3 is 10.0 Å². The summed E-state index contributed by atoms with van der Waals surface area (Å²) in [5.41, 5.74) is 0.867. The number of nitrogens with zero attached hydrogens (tertiary/aromatic N) is 5. The van der Waals surface area contributed by atoms with E-state index in [4.69, 9.17) is 5.11 Å². The summed E-state index contributed by atoms with van der Waals surface area (Å²) in [6.07, 6.45) is 1.16. The second kappa shape index (κ2) is 6.12. The van der Waals surface area contributed by atoms with Crippen molar-refractivity contribution in [1.29, 1.82) is 0 Å². The molecule has 0 radical (unpaired) electrons. The molecule has 0 unspecified atom stereocenters. The van der Waals surface area contributed by atoms with Gasteiger partial charge in [0, 0.05) is 13.1 Å². The molecule has 3 aromatic rings. The van der Waals surface area contributed by atoms with Crippen molar-refractivity contribution >= 4 is 17.4 Å². The van der Waals surface area contributed by atoms with Crippen LogP contribution >= 0.6 is 0 Å². The number of aromatic nitrogens is 4. The predicted octanol–water partition coefficient (Wildman–Crippen LogP) is 2.23. The van der Waals surface area contributed by atoms with Gasteiger partial charge in [0.1, 0.15) is 11.6 Å². The lowest BCUT2D eigenvalue weighted by Crippen LogP contribution is -2.37. The summed E-state index contributed by atoms with van der Waals surface area (Å²) in [6, 6.07) is 9.97. The summed E-state index contributed by atoms with van der Waals surface area (Å²) < 4.78 is 15.6. The molecule has 4 rings (SSSR count). The van der Waals surface area contributed by atoms with Crippen molar-refractivity contribution in [2.24, 2.45) is 5.92 Å². The van der Waals surface area contributed by atoms with Crippen LogP contribution in [0.4, 0.5) is 10.2 Å². The van der Waals surface area contributed by atoms with Gasteiger partial charge in [0.05, 0.1) is 11.5 Å². The van der Waals surface area contributed by atoms with E-state index in [-0.39, 0.29) is 11.7 Å². The molecule has 1 aliphatic heterocycles. The third-order valence-corrected chi connectivity index (χ3v) is 4.53. The Kier molecular flexibility index (Phi) is 3.79. The number of carboxylic acid groups (broad SMARTS) is 1. The summed E-state index contributed by atoms with van der Waals surface area (Å²) >= 11 is 0. The number of hydrogen-bond donors (Lipinski definition) is 1. The molecule has 2 aromatic heterocycles. The highest BCUT2D eigenvalue weighted by molar-refractivity contribution is 5.70. The Bertz CT molecular complexity index is 934. The third kappa shape index (κ3) is 2.79. The Morgan fingerprint density at radius 1 is 1.12 bits per heavy atom. The number of carbonyl (C=O) groups is 1. The minimum atomic E-state index is -0.747. The van der Waals surface area contributed by atoms with E-state index < -0.39 is 5.97 Å². The Hall–Kier alpha value is -3.03. The molecule has 1 N–H and O–H groups in total. The first-order valence-electron chi connectivity index (χ1n) is 8.08. The number of carboxylic acids is 1. The molecule has 1 aromatic carbocycles. The zero-order valence-electron chi connectivity index (χ0n) is 13.3. The molecule has 0 atom stereocenters. The highest BCUT2D eigenvalue weighted by Gasteiger charge is 2.25. The zero-order chi connectivity index (χ0) is 17.4. The van der Waals surface area contributed by atoms with Gasteiger partial charge in [0.2, 0.25) is 0 Å². The van der Waals surface area contributed by atoms with Crippen molar-refractivity contribution in [3.8, 4) is 11.4 Å². The van der Waals surface area contributed by atoms with Crippen LogP contribution in [0, 0.1) is 11.7 Å². The van der Waals surface area contributed by atoms with Crippen molar-refractivity contribution < 1.29 is 14.3 Å². The van der Waals surface area contributed by atoms with Crippen LogP contribution in [0.5, 0.6) is 0 Å². The lowest BCUT2D eigenvalue weighted by molar-refractivity contribution is -0.142. The Labute approximate surface area is 142 Å². The Morgan fingerprint density at radius 3 is 2.60 bits per heavy atom. The summed E-state index contributed by atoms with van der Waals surface area (Å²) in [7, 11) is 0. The van der Waals surface area contributed by atoms with Gasteiger partial charge in [-0.15, -0.1) is 15.3 Å². The van der Waals surface area contributed by atoms with E-state index in [0.717, 1.165) is 0 Å². The molecule has 1 saturated heterocycles. The molecule has 1 aliphatic rings. The number of anilines is 1. The van der Waals surface area contributed by atoms with Crippen LogP contribution in [0.3, 0.4) is 0 Å². The number of fused-ring (bicyclic) bond motifs is 1. The lowest BCUT2D eigenvalue weighted by atomic mass is 9.97. The molecule has 1 fully saturated rings. The molecule has 0 spiro atoms. The molecule has 128 valence electrons. The van der Waals surface area contributed by atoms with E-state index in [1.165, 1.54) is 10.6 Å². The maximum absolute atomic E-state index is 14.1. The maximum atomic E-state index is 14.1. The van der Waals surface area contributed by atoms with Gasteiger partial charge in [-0.05, 0) is 37.1 Å². The predicted molar refractivity (Wildman–Crippen MR) is 88.7 cm³/mol. The smallest absolute Gasteiger partial charge is 0.306 e. The fourth-order valence-electron chi connectivity index (χ4n) is 3.11. The van der Waals surface area contributed by atoms with Gasteiger partial charge in [-0.2, -0.15) is 4.52 Å². The molecule has 0 aliphatic carbocycles. The molecule has 0 saturated carbocycles. The van der Waals surface area contributed by atoms with E-state index in [0.29, 0.717) is 48.8 Å².